The quantitative estimate of drug-likeness (QED) is 0.847. The van der Waals surface area contributed by atoms with E-state index in [0.29, 0.717) is 0 Å². The van der Waals surface area contributed by atoms with Gasteiger partial charge in [0.05, 0.1) is 5.41 Å². The topological polar surface area (TPSA) is 37.3 Å². The monoisotopic (exact) mass is 232 g/mol. The molecular weight excluding hydrogens is 212 g/mol. The van der Waals surface area contributed by atoms with E-state index in [1.165, 1.54) is 5.56 Å². The van der Waals surface area contributed by atoms with Crippen LogP contribution in [0.25, 0.3) is 0 Å². The van der Waals surface area contributed by atoms with Gasteiger partial charge in [0.2, 0.25) is 0 Å². The zero-order chi connectivity index (χ0) is 12.7. The molecule has 0 unspecified atom stereocenters. The van der Waals surface area contributed by atoms with Crippen molar-refractivity contribution >= 4 is 5.97 Å². The summed E-state index contributed by atoms with van der Waals surface area (Å²) in [6, 6.07) is 8.12. The molecule has 1 saturated carbocycles. The Labute approximate surface area is 103 Å². The Hall–Kier alpha value is -1.31. The molecule has 0 saturated heterocycles. The van der Waals surface area contributed by atoms with E-state index in [-0.39, 0.29) is 5.41 Å². The number of carboxylic acid groups (broad SMARTS) is 1. The Kier molecular flexibility index (Phi) is 2.76. The summed E-state index contributed by atoms with van der Waals surface area (Å²) < 4.78 is 0. The van der Waals surface area contributed by atoms with Crippen molar-refractivity contribution in [3.8, 4) is 0 Å². The van der Waals surface area contributed by atoms with Gasteiger partial charge in [-0.25, -0.2) is 0 Å². The molecule has 2 heteroatoms. The zero-order valence-electron chi connectivity index (χ0n) is 10.8. The maximum Gasteiger partial charge on any atom is 0.314 e. The van der Waals surface area contributed by atoms with Crippen LogP contribution in [-0.2, 0) is 15.6 Å². The molecule has 0 spiro atoms. The van der Waals surface area contributed by atoms with Crippen LogP contribution in [0.15, 0.2) is 24.3 Å². The first kappa shape index (κ1) is 12.2. The molecule has 0 heterocycles. The average Bonchev–Trinajstić information content (AvgIpc) is 2.14. The third kappa shape index (κ3) is 1.97. The number of benzene rings is 1. The summed E-state index contributed by atoms with van der Waals surface area (Å²) in [6.07, 6.45) is 2.57. The number of carbonyl (C=O) groups is 1. The minimum atomic E-state index is -0.674. The fourth-order valence-corrected chi connectivity index (χ4v) is 2.45. The molecule has 0 atom stereocenters. The smallest absolute Gasteiger partial charge is 0.314 e. The van der Waals surface area contributed by atoms with Gasteiger partial charge in [0.25, 0.3) is 0 Å². The Morgan fingerprint density at radius 2 is 1.71 bits per heavy atom. The molecule has 0 bridgehead atoms. The average molecular weight is 232 g/mol. The van der Waals surface area contributed by atoms with Crippen LogP contribution in [0, 0.1) is 0 Å². The van der Waals surface area contributed by atoms with E-state index in [4.69, 9.17) is 0 Å². The van der Waals surface area contributed by atoms with E-state index in [2.05, 4.69) is 32.9 Å². The summed E-state index contributed by atoms with van der Waals surface area (Å²) in [4.78, 5) is 11.4. The molecule has 1 aromatic carbocycles. The molecule has 0 aromatic heterocycles. The molecule has 2 nitrogen and oxygen atoms in total. The summed E-state index contributed by atoms with van der Waals surface area (Å²) >= 11 is 0. The Morgan fingerprint density at radius 3 is 2.00 bits per heavy atom. The standard InChI is InChI=1S/C15H20O2/c1-14(2,3)11-5-7-12(8-6-11)15(13(16)17)9-4-10-15/h5-8H,4,9-10H2,1-3H3,(H,16,17). The SMILES string of the molecule is CC(C)(C)c1ccc(C2(C(=O)O)CCC2)cc1. The van der Waals surface area contributed by atoms with Crippen LogP contribution in [0.1, 0.15) is 51.2 Å². The highest BCUT2D eigenvalue weighted by Crippen LogP contribution is 2.44. The lowest BCUT2D eigenvalue weighted by Crippen LogP contribution is -2.42. The molecule has 92 valence electrons. The van der Waals surface area contributed by atoms with E-state index in [9.17, 15) is 9.90 Å². The predicted octanol–water partition coefficient (Wildman–Crippen LogP) is 3.49. The van der Waals surface area contributed by atoms with Crippen molar-refractivity contribution in [1.29, 1.82) is 0 Å². The largest absolute Gasteiger partial charge is 0.481 e. The Morgan fingerprint density at radius 1 is 1.18 bits per heavy atom. The van der Waals surface area contributed by atoms with Gasteiger partial charge in [-0.05, 0) is 29.4 Å². The molecule has 2 rings (SSSR count). The van der Waals surface area contributed by atoms with Gasteiger partial charge >= 0.3 is 5.97 Å². The van der Waals surface area contributed by atoms with Crippen molar-refractivity contribution in [3.05, 3.63) is 35.4 Å². The van der Waals surface area contributed by atoms with Crippen molar-refractivity contribution in [2.24, 2.45) is 0 Å². The first-order chi connectivity index (χ1) is 7.86. The first-order valence-electron chi connectivity index (χ1n) is 6.21. The number of aliphatic carboxylic acids is 1. The van der Waals surface area contributed by atoms with Gasteiger partial charge in [-0.15, -0.1) is 0 Å². The molecule has 1 aromatic rings. The molecule has 1 aliphatic carbocycles. The lowest BCUT2D eigenvalue weighted by molar-refractivity contribution is -0.147. The second-order valence-corrected chi connectivity index (χ2v) is 6.07. The van der Waals surface area contributed by atoms with Gasteiger partial charge in [0.1, 0.15) is 0 Å². The first-order valence-corrected chi connectivity index (χ1v) is 6.21. The summed E-state index contributed by atoms with van der Waals surface area (Å²) in [6.45, 7) is 6.49. The fourth-order valence-electron chi connectivity index (χ4n) is 2.45. The molecule has 0 aliphatic heterocycles. The van der Waals surface area contributed by atoms with Crippen LogP contribution in [0.3, 0.4) is 0 Å². The fraction of sp³-hybridized carbons (Fsp3) is 0.533. The van der Waals surface area contributed by atoms with E-state index >= 15 is 0 Å². The van der Waals surface area contributed by atoms with Crippen LogP contribution in [0.4, 0.5) is 0 Å². The molecule has 1 aliphatic rings. The lowest BCUT2D eigenvalue weighted by atomic mass is 9.64. The molecule has 0 radical (unpaired) electrons. The molecular formula is C15H20O2. The van der Waals surface area contributed by atoms with Gasteiger partial charge in [0, 0.05) is 0 Å². The predicted molar refractivity (Wildman–Crippen MR) is 68.3 cm³/mol. The third-order valence-corrected chi connectivity index (χ3v) is 3.92. The van der Waals surface area contributed by atoms with Gasteiger partial charge in [0.15, 0.2) is 0 Å². The maximum absolute atomic E-state index is 11.4. The number of carboxylic acids is 1. The van der Waals surface area contributed by atoms with Crippen LogP contribution >= 0.6 is 0 Å². The molecule has 17 heavy (non-hydrogen) atoms. The van der Waals surface area contributed by atoms with Crippen LogP contribution in [0.5, 0.6) is 0 Å². The van der Waals surface area contributed by atoms with Gasteiger partial charge in [-0.3, -0.25) is 4.79 Å². The summed E-state index contributed by atoms with van der Waals surface area (Å²) in [5, 5.41) is 9.37. The van der Waals surface area contributed by atoms with E-state index < -0.39 is 11.4 Å². The number of hydrogen-bond acceptors (Lipinski definition) is 1. The second-order valence-electron chi connectivity index (χ2n) is 6.07. The number of hydrogen-bond donors (Lipinski definition) is 1. The molecule has 0 amide bonds. The highest BCUT2D eigenvalue weighted by atomic mass is 16.4. The second kappa shape index (κ2) is 3.86. The van der Waals surface area contributed by atoms with E-state index in [0.717, 1.165) is 24.8 Å². The Bertz CT molecular complexity index is 419. The number of rotatable bonds is 2. The Balaban J connectivity index is 2.32. The van der Waals surface area contributed by atoms with Gasteiger partial charge in [-0.1, -0.05) is 51.5 Å². The van der Waals surface area contributed by atoms with Crippen LogP contribution < -0.4 is 0 Å². The zero-order valence-corrected chi connectivity index (χ0v) is 10.8. The summed E-state index contributed by atoms with van der Waals surface area (Å²) in [5.41, 5.74) is 1.73. The summed E-state index contributed by atoms with van der Waals surface area (Å²) in [7, 11) is 0. The van der Waals surface area contributed by atoms with Crippen LogP contribution in [0.2, 0.25) is 0 Å². The lowest BCUT2D eigenvalue weighted by Gasteiger charge is -2.38. The van der Waals surface area contributed by atoms with Gasteiger partial charge in [-0.2, -0.15) is 0 Å². The van der Waals surface area contributed by atoms with E-state index in [1.54, 1.807) is 0 Å². The van der Waals surface area contributed by atoms with Crippen molar-refractivity contribution in [1.82, 2.24) is 0 Å². The highest BCUT2D eigenvalue weighted by molar-refractivity contribution is 5.82. The van der Waals surface area contributed by atoms with Crippen molar-refractivity contribution in [2.45, 2.75) is 50.9 Å². The van der Waals surface area contributed by atoms with Gasteiger partial charge < -0.3 is 5.11 Å². The maximum atomic E-state index is 11.4. The van der Waals surface area contributed by atoms with Crippen molar-refractivity contribution in [3.63, 3.8) is 0 Å². The normalized spacial score (nSPS) is 18.5. The summed E-state index contributed by atoms with van der Waals surface area (Å²) in [5.74, 6) is -0.674. The minimum Gasteiger partial charge on any atom is -0.481 e. The highest BCUT2D eigenvalue weighted by Gasteiger charge is 2.45. The molecule has 1 N–H and O–H groups in total. The van der Waals surface area contributed by atoms with Crippen molar-refractivity contribution in [2.75, 3.05) is 0 Å². The van der Waals surface area contributed by atoms with Crippen LogP contribution in [-0.4, -0.2) is 11.1 Å². The van der Waals surface area contributed by atoms with Crippen molar-refractivity contribution < 1.29 is 9.90 Å². The molecule has 1 fully saturated rings. The van der Waals surface area contributed by atoms with E-state index in [1.807, 2.05) is 12.1 Å². The third-order valence-electron chi connectivity index (χ3n) is 3.92. The minimum absolute atomic E-state index is 0.120.